The fourth-order valence-electron chi connectivity index (χ4n) is 2.75. The molecule has 0 heterocycles. The van der Waals surface area contributed by atoms with Crippen molar-refractivity contribution in [2.45, 2.75) is 43.8 Å². The summed E-state index contributed by atoms with van der Waals surface area (Å²) in [7, 11) is 0. The number of phenols is 1. The highest BCUT2D eigenvalue weighted by molar-refractivity contribution is 5.94. The normalized spacial score (nSPS) is 13.1. The molecule has 186 valence electrons. The number of primary amides is 1. The summed E-state index contributed by atoms with van der Waals surface area (Å²) >= 11 is 0. The van der Waals surface area contributed by atoms with Crippen molar-refractivity contribution in [2.75, 3.05) is 6.54 Å². The Kier molecular flexibility index (Phi) is 10.9. The van der Waals surface area contributed by atoms with Gasteiger partial charge in [-0.2, -0.15) is 0 Å². The predicted molar refractivity (Wildman–Crippen MR) is 115 cm³/mol. The molecular formula is C20H27N5O9. The van der Waals surface area contributed by atoms with Gasteiger partial charge >= 0.3 is 11.9 Å². The van der Waals surface area contributed by atoms with Gasteiger partial charge in [0.2, 0.25) is 23.6 Å². The summed E-state index contributed by atoms with van der Waals surface area (Å²) in [6.45, 7) is -0.737. The number of nitrogens with two attached hydrogens (primary N) is 2. The molecule has 0 radical (unpaired) electrons. The Balaban J connectivity index is 3.07. The standard InChI is InChI=1S/C20H27N5O9/c21-12(8-16(28)29)18(32)25-14(7-10-1-3-11(26)4-2-10)20(34)24-13(5-6-15(22)27)19(33)23-9-17(30)31/h1-4,12-14,26H,5-9,21H2,(H2,22,27)(H,23,33)(H,24,34)(H,25,32)(H,28,29)(H,30,31). The summed E-state index contributed by atoms with van der Waals surface area (Å²) in [6.07, 6.45) is -1.37. The highest BCUT2D eigenvalue weighted by atomic mass is 16.4. The Bertz CT molecular complexity index is 920. The number of rotatable bonds is 14. The second kappa shape index (κ2) is 13.4. The van der Waals surface area contributed by atoms with Crippen molar-refractivity contribution >= 4 is 35.6 Å². The minimum atomic E-state index is -1.46. The number of carbonyl (C=O) groups is 6. The van der Waals surface area contributed by atoms with Crippen LogP contribution in [0.3, 0.4) is 0 Å². The van der Waals surface area contributed by atoms with Crippen molar-refractivity contribution in [1.29, 1.82) is 0 Å². The lowest BCUT2D eigenvalue weighted by molar-refractivity contribution is -0.140. The molecule has 4 amide bonds. The summed E-state index contributed by atoms with van der Waals surface area (Å²) in [5, 5.41) is 33.7. The Morgan fingerprint density at radius 2 is 1.44 bits per heavy atom. The van der Waals surface area contributed by atoms with E-state index in [0.717, 1.165) is 0 Å². The number of aromatic hydroxyl groups is 1. The van der Waals surface area contributed by atoms with Crippen LogP contribution in [-0.4, -0.2) is 75.6 Å². The van der Waals surface area contributed by atoms with Gasteiger partial charge in [0.05, 0.1) is 12.5 Å². The topological polar surface area (TPSA) is 251 Å². The van der Waals surface area contributed by atoms with E-state index < -0.39 is 66.7 Å². The average Bonchev–Trinajstić information content (AvgIpc) is 2.74. The molecule has 0 bridgehead atoms. The van der Waals surface area contributed by atoms with E-state index in [1.165, 1.54) is 24.3 Å². The second-order valence-corrected chi connectivity index (χ2v) is 7.31. The number of phenolic OH excluding ortho intramolecular Hbond substituents is 1. The van der Waals surface area contributed by atoms with Crippen LogP contribution in [0.2, 0.25) is 0 Å². The zero-order valence-corrected chi connectivity index (χ0v) is 18.0. The van der Waals surface area contributed by atoms with Gasteiger partial charge in [-0.05, 0) is 24.1 Å². The zero-order chi connectivity index (χ0) is 25.8. The van der Waals surface area contributed by atoms with E-state index in [9.17, 15) is 33.9 Å². The third kappa shape index (κ3) is 10.4. The summed E-state index contributed by atoms with van der Waals surface area (Å²) in [5.41, 5.74) is 11.1. The summed E-state index contributed by atoms with van der Waals surface area (Å²) in [5.74, 6) is -6.19. The van der Waals surface area contributed by atoms with E-state index >= 15 is 0 Å². The van der Waals surface area contributed by atoms with Gasteiger partial charge in [-0.3, -0.25) is 28.8 Å². The van der Waals surface area contributed by atoms with E-state index in [0.29, 0.717) is 5.56 Å². The van der Waals surface area contributed by atoms with E-state index in [4.69, 9.17) is 21.7 Å². The summed E-state index contributed by atoms with van der Waals surface area (Å²) in [6, 6.07) is 1.49. The molecule has 14 nitrogen and oxygen atoms in total. The van der Waals surface area contributed by atoms with Gasteiger partial charge in [0, 0.05) is 12.8 Å². The Morgan fingerprint density at radius 3 is 1.97 bits per heavy atom. The minimum Gasteiger partial charge on any atom is -0.508 e. The van der Waals surface area contributed by atoms with Crippen LogP contribution in [0.4, 0.5) is 0 Å². The first-order chi connectivity index (χ1) is 15.9. The maximum absolute atomic E-state index is 12.9. The smallest absolute Gasteiger partial charge is 0.322 e. The summed E-state index contributed by atoms with van der Waals surface area (Å²) in [4.78, 5) is 70.3. The first kappa shape index (κ1) is 27.8. The van der Waals surface area contributed by atoms with E-state index in [-0.39, 0.29) is 25.0 Å². The van der Waals surface area contributed by atoms with Crippen molar-refractivity contribution < 1.29 is 44.1 Å². The lowest BCUT2D eigenvalue weighted by Crippen LogP contribution is -2.57. The van der Waals surface area contributed by atoms with Crippen molar-refractivity contribution in [2.24, 2.45) is 11.5 Å². The lowest BCUT2D eigenvalue weighted by Gasteiger charge is -2.24. The molecule has 1 rings (SSSR count). The minimum absolute atomic E-state index is 0.0427. The SMILES string of the molecule is NC(=O)CCC(NC(=O)C(Cc1ccc(O)cc1)NC(=O)C(N)CC(=O)O)C(=O)NCC(=O)O. The van der Waals surface area contributed by atoms with Crippen LogP contribution in [0.5, 0.6) is 5.75 Å². The van der Waals surface area contributed by atoms with Crippen molar-refractivity contribution in [3.8, 4) is 5.75 Å². The number of hydrogen-bond acceptors (Lipinski definition) is 8. The van der Waals surface area contributed by atoms with Gasteiger partial charge in [0.15, 0.2) is 0 Å². The second-order valence-electron chi connectivity index (χ2n) is 7.31. The van der Waals surface area contributed by atoms with E-state index in [1.807, 2.05) is 0 Å². The zero-order valence-electron chi connectivity index (χ0n) is 18.0. The number of carbonyl (C=O) groups excluding carboxylic acids is 4. The maximum atomic E-state index is 12.9. The van der Waals surface area contributed by atoms with Gasteiger partial charge in [-0.1, -0.05) is 12.1 Å². The monoisotopic (exact) mass is 481 g/mol. The molecular weight excluding hydrogens is 454 g/mol. The summed E-state index contributed by atoms with van der Waals surface area (Å²) < 4.78 is 0. The first-order valence-electron chi connectivity index (χ1n) is 10.0. The van der Waals surface area contributed by atoms with Crippen LogP contribution in [0, 0.1) is 0 Å². The van der Waals surface area contributed by atoms with Crippen molar-refractivity contribution in [3.63, 3.8) is 0 Å². The Labute approximate surface area is 193 Å². The lowest BCUT2D eigenvalue weighted by atomic mass is 10.0. The largest absolute Gasteiger partial charge is 0.508 e. The molecule has 0 spiro atoms. The molecule has 1 aromatic carbocycles. The first-order valence-corrected chi connectivity index (χ1v) is 10.0. The van der Waals surface area contributed by atoms with Crippen LogP contribution in [0.25, 0.3) is 0 Å². The molecule has 0 aliphatic carbocycles. The molecule has 10 N–H and O–H groups in total. The number of amides is 4. The maximum Gasteiger partial charge on any atom is 0.322 e. The highest BCUT2D eigenvalue weighted by Crippen LogP contribution is 2.12. The van der Waals surface area contributed by atoms with Crippen molar-refractivity contribution in [1.82, 2.24) is 16.0 Å². The molecule has 3 atom stereocenters. The predicted octanol–water partition coefficient (Wildman–Crippen LogP) is -2.83. The molecule has 0 aromatic heterocycles. The molecule has 14 heteroatoms. The van der Waals surface area contributed by atoms with Crippen LogP contribution in [0.15, 0.2) is 24.3 Å². The number of carboxylic acid groups (broad SMARTS) is 2. The Morgan fingerprint density at radius 1 is 0.853 bits per heavy atom. The number of aliphatic carboxylic acids is 2. The Hall–Kier alpha value is -4.20. The van der Waals surface area contributed by atoms with E-state index in [1.54, 1.807) is 0 Å². The van der Waals surface area contributed by atoms with Gasteiger partial charge in [0.1, 0.15) is 24.4 Å². The van der Waals surface area contributed by atoms with Gasteiger partial charge in [0.25, 0.3) is 0 Å². The number of benzene rings is 1. The molecule has 0 aliphatic heterocycles. The average molecular weight is 481 g/mol. The number of nitrogens with one attached hydrogen (secondary N) is 3. The number of hydrogen-bond donors (Lipinski definition) is 8. The molecule has 0 saturated heterocycles. The van der Waals surface area contributed by atoms with Crippen LogP contribution in [-0.2, 0) is 35.2 Å². The van der Waals surface area contributed by atoms with E-state index in [2.05, 4.69) is 16.0 Å². The molecule has 0 aliphatic rings. The van der Waals surface area contributed by atoms with Crippen LogP contribution < -0.4 is 27.4 Å². The molecule has 3 unspecified atom stereocenters. The quantitative estimate of drug-likeness (QED) is 0.135. The number of carboxylic acids is 2. The highest BCUT2D eigenvalue weighted by Gasteiger charge is 2.29. The third-order valence-electron chi connectivity index (χ3n) is 4.47. The molecule has 34 heavy (non-hydrogen) atoms. The molecule has 0 saturated carbocycles. The van der Waals surface area contributed by atoms with Gasteiger partial charge in [-0.25, -0.2) is 0 Å². The molecule has 1 aromatic rings. The molecule has 0 fully saturated rings. The fourth-order valence-corrected chi connectivity index (χ4v) is 2.75. The van der Waals surface area contributed by atoms with Crippen molar-refractivity contribution in [3.05, 3.63) is 29.8 Å². The third-order valence-corrected chi connectivity index (χ3v) is 4.47. The van der Waals surface area contributed by atoms with Crippen LogP contribution >= 0.6 is 0 Å². The fraction of sp³-hybridized carbons (Fsp3) is 0.400. The van der Waals surface area contributed by atoms with Gasteiger partial charge in [-0.15, -0.1) is 0 Å². The van der Waals surface area contributed by atoms with Crippen LogP contribution in [0.1, 0.15) is 24.8 Å². The van der Waals surface area contributed by atoms with Gasteiger partial charge < -0.3 is 42.7 Å².